The maximum atomic E-state index is 12.0. The van der Waals surface area contributed by atoms with Gasteiger partial charge in [-0.2, -0.15) is 0 Å². The molecular weight excluding hydrogens is 579 g/mol. The Hall–Kier alpha value is 0.600. The maximum absolute atomic E-state index is 12.0. The van der Waals surface area contributed by atoms with E-state index in [1.165, 1.54) is 0 Å². The van der Waals surface area contributed by atoms with Crippen LogP contribution in [0.3, 0.4) is 0 Å². The quantitative estimate of drug-likeness (QED) is 0.399. The Morgan fingerprint density at radius 1 is 1.22 bits per heavy atom. The van der Waals surface area contributed by atoms with E-state index in [-0.39, 0.29) is 19.0 Å². The number of halogens is 3. The molecule has 4 N–H and O–H groups in total. The van der Waals surface area contributed by atoms with E-state index in [0.29, 0.717) is 16.3 Å². The molecule has 0 aromatic heterocycles. The molecule has 0 atom stereocenters. The molecule has 0 saturated carbocycles. The number of phenols is 1. The molecule has 0 saturated heterocycles. The van der Waals surface area contributed by atoms with E-state index in [1.54, 1.807) is 6.07 Å². The van der Waals surface area contributed by atoms with Gasteiger partial charge in [0.15, 0.2) is 0 Å². The number of aromatic hydroxyl groups is 1. The van der Waals surface area contributed by atoms with Crippen molar-refractivity contribution in [1.29, 1.82) is 0 Å². The van der Waals surface area contributed by atoms with E-state index in [0.717, 1.165) is 0 Å². The summed E-state index contributed by atoms with van der Waals surface area (Å²) in [7, 11) is 0. The zero-order chi connectivity index (χ0) is 13.9. The SMILES string of the molecule is O=C(NC(CO)CO)c1c(I)cc(I)c(O)c1I. The monoisotopic (exact) mass is 589 g/mol. The summed E-state index contributed by atoms with van der Waals surface area (Å²) in [6.45, 7) is -0.683. The van der Waals surface area contributed by atoms with Crippen molar-refractivity contribution < 1.29 is 20.1 Å². The number of aliphatic hydroxyl groups excluding tert-OH is 2. The highest BCUT2D eigenvalue weighted by molar-refractivity contribution is 14.1. The Kier molecular flexibility index (Phi) is 6.85. The summed E-state index contributed by atoms with van der Waals surface area (Å²) >= 11 is 5.89. The van der Waals surface area contributed by atoms with Crippen LogP contribution in [-0.4, -0.2) is 40.5 Å². The Labute approximate surface area is 145 Å². The molecule has 0 spiro atoms. The van der Waals surface area contributed by atoms with E-state index in [1.807, 2.05) is 67.8 Å². The van der Waals surface area contributed by atoms with Gasteiger partial charge in [-0.3, -0.25) is 4.79 Å². The lowest BCUT2D eigenvalue weighted by molar-refractivity contribution is 0.0877. The second-order valence-corrected chi connectivity index (χ2v) is 6.82. The molecule has 0 aliphatic rings. The summed E-state index contributed by atoms with van der Waals surface area (Å²) in [5.41, 5.74) is 0.348. The highest BCUT2D eigenvalue weighted by atomic mass is 127. The second-order valence-electron chi connectivity index (χ2n) is 3.41. The first-order valence-corrected chi connectivity index (χ1v) is 8.05. The Morgan fingerprint density at radius 2 is 1.78 bits per heavy atom. The molecular formula is C10H10I3NO4. The summed E-state index contributed by atoms with van der Waals surface area (Å²) in [6.07, 6.45) is 0. The number of nitrogens with one attached hydrogen (secondary N) is 1. The van der Waals surface area contributed by atoms with Crippen LogP contribution in [0.2, 0.25) is 0 Å². The molecule has 1 rings (SSSR count). The fourth-order valence-electron chi connectivity index (χ4n) is 1.19. The molecule has 0 radical (unpaired) electrons. The van der Waals surface area contributed by atoms with E-state index in [2.05, 4.69) is 5.32 Å². The summed E-state index contributed by atoms with van der Waals surface area (Å²) in [6, 6.07) is 0.992. The van der Waals surface area contributed by atoms with Crippen molar-refractivity contribution in [1.82, 2.24) is 5.32 Å². The summed E-state index contributed by atoms with van der Waals surface area (Å²) in [5, 5.41) is 30.2. The first-order chi connectivity index (χ1) is 8.42. The Bertz CT molecular complexity index is 463. The van der Waals surface area contributed by atoms with Crippen LogP contribution in [-0.2, 0) is 0 Å². The lowest BCUT2D eigenvalue weighted by Crippen LogP contribution is -2.40. The molecule has 0 aliphatic heterocycles. The Balaban J connectivity index is 3.10. The number of phenolic OH excluding ortho intramolecular Hbond substituents is 1. The predicted octanol–water partition coefficient (Wildman–Crippen LogP) is 1.29. The van der Waals surface area contributed by atoms with Crippen molar-refractivity contribution in [3.05, 3.63) is 22.3 Å². The Morgan fingerprint density at radius 3 is 2.28 bits per heavy atom. The number of aliphatic hydroxyl groups is 2. The molecule has 0 bridgehead atoms. The number of benzene rings is 1. The van der Waals surface area contributed by atoms with Crippen molar-refractivity contribution in [2.75, 3.05) is 13.2 Å². The number of amides is 1. The fourth-order valence-corrected chi connectivity index (χ4v) is 5.06. The van der Waals surface area contributed by atoms with Crippen molar-refractivity contribution in [3.8, 4) is 5.75 Å². The van der Waals surface area contributed by atoms with Gasteiger partial charge >= 0.3 is 0 Å². The topological polar surface area (TPSA) is 89.8 Å². The molecule has 0 unspecified atom stereocenters. The van der Waals surface area contributed by atoms with Gasteiger partial charge in [-0.15, -0.1) is 0 Å². The van der Waals surface area contributed by atoms with Crippen LogP contribution in [0.25, 0.3) is 0 Å². The lowest BCUT2D eigenvalue weighted by atomic mass is 10.2. The number of carbonyl (C=O) groups excluding carboxylic acids is 1. The van der Waals surface area contributed by atoms with Gasteiger partial charge < -0.3 is 20.6 Å². The molecule has 0 heterocycles. The fraction of sp³-hybridized carbons (Fsp3) is 0.300. The van der Waals surface area contributed by atoms with E-state index >= 15 is 0 Å². The minimum atomic E-state index is -0.703. The van der Waals surface area contributed by atoms with Gasteiger partial charge in [0.25, 0.3) is 5.91 Å². The van der Waals surface area contributed by atoms with Crippen LogP contribution >= 0.6 is 67.8 Å². The van der Waals surface area contributed by atoms with Crippen LogP contribution in [0.4, 0.5) is 0 Å². The van der Waals surface area contributed by atoms with Crippen molar-refractivity contribution in [2.45, 2.75) is 6.04 Å². The highest BCUT2D eigenvalue weighted by Gasteiger charge is 2.21. The summed E-state index contributed by atoms with van der Waals surface area (Å²) < 4.78 is 1.82. The van der Waals surface area contributed by atoms with Gasteiger partial charge in [-0.1, -0.05) is 0 Å². The van der Waals surface area contributed by atoms with Crippen LogP contribution in [0.15, 0.2) is 6.07 Å². The molecule has 18 heavy (non-hydrogen) atoms. The summed E-state index contributed by atoms with van der Waals surface area (Å²) in [4.78, 5) is 12.0. The largest absolute Gasteiger partial charge is 0.506 e. The van der Waals surface area contributed by atoms with Gasteiger partial charge in [0, 0.05) is 3.57 Å². The molecule has 8 heteroatoms. The molecule has 1 aromatic carbocycles. The van der Waals surface area contributed by atoms with Crippen LogP contribution in [0.5, 0.6) is 5.75 Å². The van der Waals surface area contributed by atoms with Gasteiger partial charge in [-0.05, 0) is 73.8 Å². The van der Waals surface area contributed by atoms with Crippen molar-refractivity contribution in [3.63, 3.8) is 0 Å². The standard InChI is InChI=1S/C10H10I3NO4/c11-5-1-6(12)9(17)8(13)7(5)10(18)14-4(2-15)3-16/h1,4,15-17H,2-3H2,(H,14,18). The predicted molar refractivity (Wildman–Crippen MR) is 91.7 cm³/mol. The number of carbonyl (C=O) groups is 1. The molecule has 0 fully saturated rings. The molecule has 1 aromatic rings. The zero-order valence-electron chi connectivity index (χ0n) is 8.95. The van der Waals surface area contributed by atoms with Crippen molar-refractivity contribution in [2.24, 2.45) is 0 Å². The summed E-state index contributed by atoms with van der Waals surface area (Å²) in [5.74, 6) is -0.366. The lowest BCUT2D eigenvalue weighted by Gasteiger charge is -2.16. The number of rotatable bonds is 4. The highest BCUT2D eigenvalue weighted by Crippen LogP contribution is 2.32. The van der Waals surface area contributed by atoms with Crippen molar-refractivity contribution >= 4 is 73.7 Å². The first kappa shape index (κ1) is 16.7. The van der Waals surface area contributed by atoms with Gasteiger partial charge in [0.05, 0.1) is 32.0 Å². The smallest absolute Gasteiger partial charge is 0.253 e. The van der Waals surface area contributed by atoms with Gasteiger partial charge in [-0.25, -0.2) is 0 Å². The third-order valence-electron chi connectivity index (χ3n) is 2.15. The molecule has 5 nitrogen and oxygen atoms in total. The number of hydrogen-bond donors (Lipinski definition) is 4. The first-order valence-electron chi connectivity index (χ1n) is 4.81. The zero-order valence-corrected chi connectivity index (χ0v) is 15.4. The maximum Gasteiger partial charge on any atom is 0.253 e. The van der Waals surface area contributed by atoms with Crippen LogP contribution in [0, 0.1) is 10.7 Å². The van der Waals surface area contributed by atoms with Gasteiger partial charge in [0.2, 0.25) is 0 Å². The van der Waals surface area contributed by atoms with Gasteiger partial charge in [0.1, 0.15) is 5.75 Å². The average molecular weight is 589 g/mol. The minimum Gasteiger partial charge on any atom is -0.506 e. The molecule has 0 aliphatic carbocycles. The molecule has 1 amide bonds. The average Bonchev–Trinajstić information content (AvgIpc) is 2.33. The van der Waals surface area contributed by atoms with Crippen LogP contribution in [0.1, 0.15) is 10.4 Å². The third kappa shape index (κ3) is 3.80. The van der Waals surface area contributed by atoms with E-state index < -0.39 is 11.9 Å². The van der Waals surface area contributed by atoms with Crippen LogP contribution < -0.4 is 5.32 Å². The normalized spacial score (nSPS) is 10.8. The minimum absolute atomic E-state index is 0.0614. The molecule has 100 valence electrons. The van der Waals surface area contributed by atoms with E-state index in [4.69, 9.17) is 10.2 Å². The third-order valence-corrected chi connectivity index (χ3v) is 4.87. The number of hydrogen-bond acceptors (Lipinski definition) is 4. The van der Waals surface area contributed by atoms with E-state index in [9.17, 15) is 9.90 Å². The second kappa shape index (κ2) is 7.40.